The van der Waals surface area contributed by atoms with Crippen LogP contribution < -0.4 is 10.6 Å². The maximum atomic E-state index is 11.9. The molecule has 1 aliphatic carbocycles. The molecule has 0 atom stereocenters. The predicted molar refractivity (Wildman–Crippen MR) is 71.0 cm³/mol. The number of amides is 1. The van der Waals surface area contributed by atoms with Crippen LogP contribution in [0.25, 0.3) is 0 Å². The van der Waals surface area contributed by atoms with Gasteiger partial charge in [0.15, 0.2) is 0 Å². The molecule has 0 radical (unpaired) electrons. The Morgan fingerprint density at radius 2 is 1.74 bits per heavy atom. The fourth-order valence-corrected chi connectivity index (χ4v) is 2.56. The first-order valence-corrected chi connectivity index (χ1v) is 7.67. The fraction of sp³-hybridized carbons (Fsp3) is 0.917. The third kappa shape index (κ3) is 9.15. The first-order valence-electron chi connectivity index (χ1n) is 6.68. The molecule has 0 unspecified atom stereocenters. The van der Waals surface area contributed by atoms with Gasteiger partial charge in [-0.15, -0.1) is 0 Å². The molecule has 0 aromatic rings. The first kappa shape index (κ1) is 16.6. The predicted octanol–water partition coefficient (Wildman–Crippen LogP) is 2.67. The Kier molecular flexibility index (Phi) is 7.60. The van der Waals surface area contributed by atoms with Gasteiger partial charge in [-0.2, -0.15) is 13.2 Å². The number of carbonyl (C=O) groups excluding carboxylic acids is 1. The normalized spacial score (nSPS) is 18.1. The second-order valence-electron chi connectivity index (χ2n) is 4.73. The van der Waals surface area contributed by atoms with Crippen LogP contribution in [0.3, 0.4) is 0 Å². The highest BCUT2D eigenvalue weighted by molar-refractivity contribution is 8.00. The van der Waals surface area contributed by atoms with Crippen LogP contribution in [0.2, 0.25) is 0 Å². The summed E-state index contributed by atoms with van der Waals surface area (Å²) in [6.07, 6.45) is 7.32. The van der Waals surface area contributed by atoms with Crippen LogP contribution in [-0.2, 0) is 4.79 Å². The molecule has 1 amide bonds. The molecule has 7 heteroatoms. The quantitative estimate of drug-likeness (QED) is 0.585. The van der Waals surface area contributed by atoms with E-state index in [9.17, 15) is 18.0 Å². The highest BCUT2D eigenvalue weighted by Gasteiger charge is 2.29. The highest BCUT2D eigenvalue weighted by atomic mass is 32.2. The average Bonchev–Trinajstić information content (AvgIpc) is 2.60. The van der Waals surface area contributed by atoms with Gasteiger partial charge < -0.3 is 10.6 Å². The summed E-state index contributed by atoms with van der Waals surface area (Å²) in [5, 5.41) is 5.83. The van der Waals surface area contributed by atoms with Crippen LogP contribution in [-0.4, -0.2) is 36.3 Å². The zero-order valence-corrected chi connectivity index (χ0v) is 11.7. The van der Waals surface area contributed by atoms with E-state index in [1.807, 2.05) is 0 Å². The van der Waals surface area contributed by atoms with Gasteiger partial charge in [0.2, 0.25) is 5.91 Å². The largest absolute Gasteiger partial charge is 0.442 e. The van der Waals surface area contributed by atoms with E-state index in [-0.39, 0.29) is 11.8 Å². The van der Waals surface area contributed by atoms with Crippen molar-refractivity contribution in [2.24, 2.45) is 0 Å². The Hall–Kier alpha value is -0.430. The van der Waals surface area contributed by atoms with Crippen molar-refractivity contribution in [3.63, 3.8) is 0 Å². The van der Waals surface area contributed by atoms with Gasteiger partial charge in [-0.1, -0.05) is 25.7 Å². The van der Waals surface area contributed by atoms with Gasteiger partial charge >= 0.3 is 5.51 Å². The molecule has 2 N–H and O–H groups in total. The van der Waals surface area contributed by atoms with E-state index < -0.39 is 17.2 Å². The van der Waals surface area contributed by atoms with E-state index in [2.05, 4.69) is 10.6 Å². The summed E-state index contributed by atoms with van der Waals surface area (Å²) in [7, 11) is 0. The number of rotatable bonds is 6. The molecule has 1 saturated carbocycles. The number of alkyl halides is 3. The standard InChI is InChI=1S/C12H21F3N2OS/c13-12(14,15)19-9-11(18)17-8-7-16-10-5-3-1-2-4-6-10/h10,16H,1-9H2,(H,17,18). The molecule has 0 aliphatic heterocycles. The second-order valence-corrected chi connectivity index (χ2v) is 5.77. The van der Waals surface area contributed by atoms with Gasteiger partial charge in [0.05, 0.1) is 5.75 Å². The minimum atomic E-state index is -4.34. The molecule has 0 bridgehead atoms. The zero-order valence-electron chi connectivity index (χ0n) is 10.9. The summed E-state index contributed by atoms with van der Waals surface area (Å²) in [5.41, 5.74) is -4.34. The van der Waals surface area contributed by atoms with Crippen LogP contribution in [0.15, 0.2) is 0 Å². The van der Waals surface area contributed by atoms with Gasteiger partial charge in [-0.25, -0.2) is 0 Å². The van der Waals surface area contributed by atoms with Crippen LogP contribution >= 0.6 is 11.8 Å². The second kappa shape index (κ2) is 8.68. The van der Waals surface area contributed by atoms with E-state index in [0.29, 0.717) is 19.1 Å². The number of hydrogen-bond acceptors (Lipinski definition) is 3. The molecule has 1 fully saturated rings. The van der Waals surface area contributed by atoms with Crippen molar-refractivity contribution in [3.8, 4) is 0 Å². The fourth-order valence-electron chi connectivity index (χ4n) is 2.16. The van der Waals surface area contributed by atoms with E-state index in [4.69, 9.17) is 0 Å². The van der Waals surface area contributed by atoms with Gasteiger partial charge in [0.25, 0.3) is 0 Å². The summed E-state index contributed by atoms with van der Waals surface area (Å²) in [6, 6.07) is 0.490. The van der Waals surface area contributed by atoms with Crippen molar-refractivity contribution < 1.29 is 18.0 Å². The van der Waals surface area contributed by atoms with Crippen molar-refractivity contribution in [1.82, 2.24) is 10.6 Å². The molecule has 3 nitrogen and oxygen atoms in total. The monoisotopic (exact) mass is 298 g/mol. The highest BCUT2D eigenvalue weighted by Crippen LogP contribution is 2.29. The van der Waals surface area contributed by atoms with E-state index >= 15 is 0 Å². The Bertz CT molecular complexity index is 266. The van der Waals surface area contributed by atoms with Crippen molar-refractivity contribution >= 4 is 17.7 Å². The summed E-state index contributed by atoms with van der Waals surface area (Å²) < 4.78 is 35.6. The Balaban J connectivity index is 2.01. The van der Waals surface area contributed by atoms with Gasteiger partial charge in [0, 0.05) is 19.1 Å². The summed E-state index contributed by atoms with van der Waals surface area (Å²) in [5.74, 6) is -1.13. The molecule has 0 aromatic carbocycles. The third-order valence-electron chi connectivity index (χ3n) is 3.10. The smallest absolute Gasteiger partial charge is 0.354 e. The van der Waals surface area contributed by atoms with Crippen molar-refractivity contribution in [1.29, 1.82) is 0 Å². The number of halogens is 3. The van der Waals surface area contributed by atoms with E-state index in [1.165, 1.54) is 25.7 Å². The maximum Gasteiger partial charge on any atom is 0.442 e. The van der Waals surface area contributed by atoms with E-state index in [0.717, 1.165) is 12.8 Å². The minimum absolute atomic E-state index is 0.302. The van der Waals surface area contributed by atoms with Gasteiger partial charge in [-0.3, -0.25) is 4.79 Å². The maximum absolute atomic E-state index is 11.9. The SMILES string of the molecule is O=C(CSC(F)(F)F)NCCNC1CCCCCC1. The summed E-state index contributed by atoms with van der Waals surface area (Å²) in [4.78, 5) is 11.1. The Morgan fingerprint density at radius 1 is 1.11 bits per heavy atom. The molecule has 0 saturated heterocycles. The molecular formula is C12H21F3N2OS. The zero-order chi connectivity index (χ0) is 14.1. The molecule has 1 aliphatic rings. The third-order valence-corrected chi connectivity index (χ3v) is 3.84. The number of carbonyl (C=O) groups is 1. The Labute approximate surface area is 116 Å². The summed E-state index contributed by atoms with van der Waals surface area (Å²) >= 11 is -0.302. The minimum Gasteiger partial charge on any atom is -0.354 e. The number of nitrogens with one attached hydrogen (secondary N) is 2. The molecule has 0 heterocycles. The van der Waals surface area contributed by atoms with Crippen LogP contribution in [0.4, 0.5) is 13.2 Å². The van der Waals surface area contributed by atoms with Crippen molar-refractivity contribution in [2.45, 2.75) is 50.1 Å². The average molecular weight is 298 g/mol. The van der Waals surface area contributed by atoms with Crippen molar-refractivity contribution in [3.05, 3.63) is 0 Å². The Morgan fingerprint density at radius 3 is 2.32 bits per heavy atom. The molecule has 0 aromatic heterocycles. The van der Waals surface area contributed by atoms with Crippen LogP contribution in [0, 0.1) is 0 Å². The van der Waals surface area contributed by atoms with Gasteiger partial charge in [0.1, 0.15) is 0 Å². The lowest BCUT2D eigenvalue weighted by atomic mass is 10.1. The molecule has 19 heavy (non-hydrogen) atoms. The summed E-state index contributed by atoms with van der Waals surface area (Å²) in [6.45, 7) is 1.00. The molecule has 1 rings (SSSR count). The lowest BCUT2D eigenvalue weighted by Crippen LogP contribution is -2.37. The molecule has 0 spiro atoms. The lowest BCUT2D eigenvalue weighted by molar-refractivity contribution is -0.118. The topological polar surface area (TPSA) is 41.1 Å². The molecular weight excluding hydrogens is 277 g/mol. The molecule has 112 valence electrons. The van der Waals surface area contributed by atoms with Gasteiger partial charge in [-0.05, 0) is 24.6 Å². The lowest BCUT2D eigenvalue weighted by Gasteiger charge is -2.16. The van der Waals surface area contributed by atoms with Crippen LogP contribution in [0.5, 0.6) is 0 Å². The number of hydrogen-bond donors (Lipinski definition) is 2. The van der Waals surface area contributed by atoms with E-state index in [1.54, 1.807) is 0 Å². The van der Waals surface area contributed by atoms with Crippen molar-refractivity contribution in [2.75, 3.05) is 18.8 Å². The van der Waals surface area contributed by atoms with Crippen LogP contribution in [0.1, 0.15) is 38.5 Å². The number of thioether (sulfide) groups is 1. The first-order chi connectivity index (χ1) is 8.97.